The van der Waals surface area contributed by atoms with Gasteiger partial charge in [0.25, 0.3) is 5.91 Å². The van der Waals surface area contributed by atoms with E-state index in [1.807, 2.05) is 55.5 Å². The van der Waals surface area contributed by atoms with Gasteiger partial charge in [-0.25, -0.2) is 0 Å². The molecule has 3 aliphatic heterocycles. The van der Waals surface area contributed by atoms with Crippen LogP contribution in [0.2, 0.25) is 0 Å². The number of hydrogen-bond acceptors (Lipinski definition) is 8. The van der Waals surface area contributed by atoms with E-state index < -0.39 is 23.7 Å². The molecule has 0 bridgehead atoms. The molecule has 3 amide bonds. The fourth-order valence-electron chi connectivity index (χ4n) is 7.47. The second-order valence-electron chi connectivity index (χ2n) is 14.2. The summed E-state index contributed by atoms with van der Waals surface area (Å²) < 4.78 is 53.1. The number of carbonyl (C=O) groups excluding carboxylic acids is 3. The number of carbonyl (C=O) groups is 3. The number of rotatable bonds is 10. The third kappa shape index (κ3) is 7.76. The van der Waals surface area contributed by atoms with Gasteiger partial charge < -0.3 is 19.3 Å². The van der Waals surface area contributed by atoms with Gasteiger partial charge in [-0.2, -0.15) is 13.2 Å². The molecule has 0 spiro atoms. The fourth-order valence-corrected chi connectivity index (χ4v) is 8.70. The van der Waals surface area contributed by atoms with Gasteiger partial charge in [0.15, 0.2) is 5.75 Å². The third-order valence-electron chi connectivity index (χ3n) is 10.5. The summed E-state index contributed by atoms with van der Waals surface area (Å²) in [6.45, 7) is 7.31. The zero-order valence-electron chi connectivity index (χ0n) is 30.2. The van der Waals surface area contributed by atoms with E-state index in [1.165, 1.54) is 23.5 Å². The maximum atomic E-state index is 13.2. The molecule has 3 aliphatic rings. The van der Waals surface area contributed by atoms with E-state index >= 15 is 0 Å². The van der Waals surface area contributed by atoms with Crippen molar-refractivity contribution in [1.29, 1.82) is 0 Å². The monoisotopic (exact) mass is 768 g/mol. The number of anilines is 1. The van der Waals surface area contributed by atoms with Crippen molar-refractivity contribution in [2.24, 2.45) is 0 Å². The quantitative estimate of drug-likeness (QED) is 0.114. The number of hydrogen-bond donors (Lipinski definition) is 1. The van der Waals surface area contributed by atoms with Crippen molar-refractivity contribution in [1.82, 2.24) is 15.1 Å². The highest BCUT2D eigenvalue weighted by atomic mass is 32.1. The number of benzene rings is 4. The first-order valence-electron chi connectivity index (χ1n) is 18.4. The summed E-state index contributed by atoms with van der Waals surface area (Å²) in [4.78, 5) is 44.1. The lowest BCUT2D eigenvalue weighted by Crippen LogP contribution is -2.52. The average Bonchev–Trinajstić information content (AvgIpc) is 3.69. The van der Waals surface area contributed by atoms with E-state index in [0.717, 1.165) is 88.8 Å². The standard InChI is InChI=1S/C42H39F3N4O5S/c1-26-3-13-34-36(23-26)55-39(27-4-6-29(7-5-27)42(43,44)45)38(34)54-32-11-9-31(10-12-32)53-22-2-17-47-18-20-48(21-19-47)30-8-14-33-28(24-30)25-49(41(33)52)35-15-16-37(50)46-40(35)51/h3-14,23-24,35H,2,15-22,25H2,1H3,(H,46,50,51). The second-order valence-corrected chi connectivity index (χ2v) is 15.2. The van der Waals surface area contributed by atoms with Crippen molar-refractivity contribution in [3.63, 3.8) is 0 Å². The lowest BCUT2D eigenvalue weighted by atomic mass is 10.0. The number of halogens is 3. The van der Waals surface area contributed by atoms with Crippen LogP contribution in [0.1, 0.15) is 46.3 Å². The highest BCUT2D eigenvalue weighted by Crippen LogP contribution is 2.47. The summed E-state index contributed by atoms with van der Waals surface area (Å²) in [6.07, 6.45) is -2.97. The summed E-state index contributed by atoms with van der Waals surface area (Å²) in [5.74, 6) is 1.06. The summed E-state index contributed by atoms with van der Waals surface area (Å²) >= 11 is 1.49. The second kappa shape index (κ2) is 15.0. The van der Waals surface area contributed by atoms with Gasteiger partial charge in [0.1, 0.15) is 17.5 Å². The van der Waals surface area contributed by atoms with Crippen molar-refractivity contribution < 1.29 is 37.0 Å². The molecule has 1 aromatic heterocycles. The van der Waals surface area contributed by atoms with Crippen LogP contribution in [0.25, 0.3) is 20.5 Å². The van der Waals surface area contributed by atoms with Crippen molar-refractivity contribution in [2.75, 3.05) is 44.2 Å². The molecule has 9 nitrogen and oxygen atoms in total. The van der Waals surface area contributed by atoms with E-state index in [0.29, 0.717) is 42.2 Å². The van der Waals surface area contributed by atoms with Crippen LogP contribution in [0.5, 0.6) is 17.2 Å². The number of alkyl halides is 3. The van der Waals surface area contributed by atoms with E-state index in [1.54, 1.807) is 4.90 Å². The van der Waals surface area contributed by atoms with Crippen molar-refractivity contribution in [3.8, 4) is 27.7 Å². The summed E-state index contributed by atoms with van der Waals surface area (Å²) in [5.41, 5.74) is 3.63. The molecule has 5 aromatic rings. The third-order valence-corrected chi connectivity index (χ3v) is 11.6. The van der Waals surface area contributed by atoms with Crippen LogP contribution in [-0.4, -0.2) is 72.9 Å². The zero-order valence-corrected chi connectivity index (χ0v) is 31.0. The lowest BCUT2D eigenvalue weighted by Gasteiger charge is -2.36. The number of imide groups is 1. The fraction of sp³-hybridized carbons (Fsp3) is 0.310. The Morgan fingerprint density at radius 1 is 0.873 bits per heavy atom. The normalized spacial score (nSPS) is 17.8. The largest absolute Gasteiger partial charge is 0.494 e. The number of fused-ring (bicyclic) bond motifs is 2. The molecule has 55 heavy (non-hydrogen) atoms. The first-order valence-corrected chi connectivity index (χ1v) is 19.2. The van der Waals surface area contributed by atoms with Gasteiger partial charge in [0.05, 0.1) is 17.0 Å². The topological polar surface area (TPSA) is 91.4 Å². The van der Waals surface area contributed by atoms with Gasteiger partial charge in [-0.15, -0.1) is 11.3 Å². The molecular formula is C42H39F3N4O5S. The summed E-state index contributed by atoms with van der Waals surface area (Å²) in [6, 6.07) is 23.9. The lowest BCUT2D eigenvalue weighted by molar-refractivity contribution is -0.138. The predicted octanol–water partition coefficient (Wildman–Crippen LogP) is 8.04. The number of piperidine rings is 1. The minimum Gasteiger partial charge on any atom is -0.494 e. The Hall–Kier alpha value is -5.40. The number of ether oxygens (including phenoxy) is 2. The minimum atomic E-state index is -4.40. The van der Waals surface area contributed by atoms with Crippen LogP contribution in [0.3, 0.4) is 0 Å². The first-order chi connectivity index (χ1) is 26.5. The van der Waals surface area contributed by atoms with Gasteiger partial charge in [-0.3, -0.25) is 24.6 Å². The number of nitrogens with one attached hydrogen (secondary N) is 1. The van der Waals surface area contributed by atoms with E-state index in [9.17, 15) is 27.6 Å². The summed E-state index contributed by atoms with van der Waals surface area (Å²) in [5, 5.41) is 3.25. The Kier molecular flexibility index (Phi) is 9.99. The van der Waals surface area contributed by atoms with Crippen LogP contribution in [0.15, 0.2) is 84.9 Å². The van der Waals surface area contributed by atoms with E-state index in [-0.39, 0.29) is 18.2 Å². The molecule has 4 heterocycles. The molecule has 4 aromatic carbocycles. The van der Waals surface area contributed by atoms with Crippen LogP contribution < -0.4 is 19.7 Å². The minimum absolute atomic E-state index is 0.164. The molecule has 13 heteroatoms. The smallest absolute Gasteiger partial charge is 0.416 e. The van der Waals surface area contributed by atoms with Crippen molar-refractivity contribution in [3.05, 3.63) is 107 Å². The van der Waals surface area contributed by atoms with Gasteiger partial charge in [-0.1, -0.05) is 18.2 Å². The Labute approximate surface area is 320 Å². The molecule has 1 atom stereocenters. The highest BCUT2D eigenvalue weighted by Gasteiger charge is 2.39. The Balaban J connectivity index is 0.819. The van der Waals surface area contributed by atoms with Crippen LogP contribution in [0, 0.1) is 6.92 Å². The van der Waals surface area contributed by atoms with Gasteiger partial charge in [-0.05, 0) is 103 Å². The summed E-state index contributed by atoms with van der Waals surface area (Å²) in [7, 11) is 0. The number of aryl methyl sites for hydroxylation is 1. The van der Waals surface area contributed by atoms with Crippen LogP contribution in [0.4, 0.5) is 18.9 Å². The number of nitrogens with zero attached hydrogens (tertiary/aromatic N) is 3. The van der Waals surface area contributed by atoms with Gasteiger partial charge >= 0.3 is 6.18 Å². The molecular weight excluding hydrogens is 730 g/mol. The molecule has 0 radical (unpaired) electrons. The molecule has 2 saturated heterocycles. The van der Waals surface area contributed by atoms with Crippen molar-refractivity contribution >= 4 is 44.8 Å². The van der Waals surface area contributed by atoms with Crippen LogP contribution >= 0.6 is 11.3 Å². The maximum absolute atomic E-state index is 13.2. The first kappa shape index (κ1) is 36.6. The number of piperazine rings is 1. The average molecular weight is 769 g/mol. The van der Waals surface area contributed by atoms with Crippen molar-refractivity contribution in [2.45, 2.75) is 44.9 Å². The molecule has 0 aliphatic carbocycles. The molecule has 1 N–H and O–H groups in total. The molecule has 0 saturated carbocycles. The number of thiophene rings is 1. The predicted molar refractivity (Wildman–Crippen MR) is 205 cm³/mol. The van der Waals surface area contributed by atoms with Gasteiger partial charge in [0, 0.05) is 67.0 Å². The maximum Gasteiger partial charge on any atom is 0.416 e. The molecule has 1 unspecified atom stereocenters. The number of amides is 3. The van der Waals surface area contributed by atoms with Crippen LogP contribution in [-0.2, 0) is 22.3 Å². The highest BCUT2D eigenvalue weighted by molar-refractivity contribution is 7.22. The zero-order chi connectivity index (χ0) is 38.3. The van der Waals surface area contributed by atoms with E-state index in [2.05, 4.69) is 27.2 Å². The van der Waals surface area contributed by atoms with Gasteiger partial charge in [0.2, 0.25) is 11.8 Å². The Morgan fingerprint density at radius 2 is 1.62 bits per heavy atom. The molecule has 2 fully saturated rings. The SMILES string of the molecule is Cc1ccc2c(Oc3ccc(OCCCN4CCN(c5ccc6c(c5)CN(C5CCC(=O)NC5=O)C6=O)CC4)cc3)c(-c3ccc(C(F)(F)F)cc3)sc2c1. The molecule has 284 valence electrons. The van der Waals surface area contributed by atoms with E-state index in [4.69, 9.17) is 9.47 Å². The Bertz CT molecular complexity index is 2250. The molecule has 8 rings (SSSR count). The Morgan fingerprint density at radius 3 is 2.35 bits per heavy atom.